The Morgan fingerprint density at radius 1 is 1.26 bits per heavy atom. The van der Waals surface area contributed by atoms with Gasteiger partial charge in [0.05, 0.1) is 17.0 Å². The van der Waals surface area contributed by atoms with Crippen molar-refractivity contribution in [2.24, 2.45) is 4.99 Å². The maximum absolute atomic E-state index is 12.0. The summed E-state index contributed by atoms with van der Waals surface area (Å²) in [7, 11) is -3.51. The van der Waals surface area contributed by atoms with Crippen LogP contribution in [-0.2, 0) is 10.0 Å². The van der Waals surface area contributed by atoms with Crippen LogP contribution >= 0.6 is 0 Å². The second-order valence-electron chi connectivity index (χ2n) is 4.65. The van der Waals surface area contributed by atoms with Gasteiger partial charge < -0.3 is 5.11 Å². The van der Waals surface area contributed by atoms with E-state index in [1.165, 1.54) is 0 Å². The zero-order chi connectivity index (χ0) is 14.1. The summed E-state index contributed by atoms with van der Waals surface area (Å²) in [5.74, 6) is 0.327. The maximum atomic E-state index is 12.0. The van der Waals surface area contributed by atoms with E-state index in [0.29, 0.717) is 24.2 Å². The number of hydrogen-bond acceptors (Lipinski definition) is 4. The molecule has 6 heteroatoms. The molecule has 2 rings (SSSR count). The van der Waals surface area contributed by atoms with Crippen molar-refractivity contribution in [1.29, 1.82) is 0 Å². The fourth-order valence-corrected chi connectivity index (χ4v) is 3.35. The van der Waals surface area contributed by atoms with Gasteiger partial charge in [-0.1, -0.05) is 26.0 Å². The van der Waals surface area contributed by atoms with Crippen LogP contribution in [0.4, 0.5) is 0 Å². The zero-order valence-corrected chi connectivity index (χ0v) is 11.9. The molecule has 0 radical (unpaired) electrons. The molecule has 0 atom stereocenters. The van der Waals surface area contributed by atoms with E-state index >= 15 is 0 Å². The zero-order valence-electron chi connectivity index (χ0n) is 11.0. The predicted octanol–water partition coefficient (Wildman–Crippen LogP) is 1.28. The third-order valence-electron chi connectivity index (χ3n) is 3.62. The molecule has 1 aliphatic rings. The van der Waals surface area contributed by atoms with Gasteiger partial charge in [-0.25, -0.2) is 8.42 Å². The molecule has 0 aromatic heterocycles. The van der Waals surface area contributed by atoms with E-state index in [4.69, 9.17) is 0 Å². The van der Waals surface area contributed by atoms with Crippen molar-refractivity contribution in [3.05, 3.63) is 29.8 Å². The quantitative estimate of drug-likeness (QED) is 0.873. The van der Waals surface area contributed by atoms with Crippen LogP contribution in [-0.4, -0.2) is 31.5 Å². The molecule has 2 N–H and O–H groups in total. The third kappa shape index (κ3) is 2.37. The number of rotatable bonds is 4. The van der Waals surface area contributed by atoms with E-state index in [1.807, 2.05) is 13.8 Å². The Bertz CT molecular complexity index is 596. The first-order chi connectivity index (χ1) is 8.98. The molecule has 104 valence electrons. The van der Waals surface area contributed by atoms with Crippen LogP contribution in [0.5, 0.6) is 0 Å². The van der Waals surface area contributed by atoms with Gasteiger partial charge >= 0.3 is 0 Å². The van der Waals surface area contributed by atoms with Crippen molar-refractivity contribution in [1.82, 2.24) is 4.72 Å². The SMILES string of the molecule is CCC(CC)(CO)N=C1NS(=O)(=O)c2ccccc21. The predicted molar refractivity (Wildman–Crippen MR) is 73.7 cm³/mol. The lowest BCUT2D eigenvalue weighted by atomic mass is 9.94. The largest absolute Gasteiger partial charge is 0.394 e. The van der Waals surface area contributed by atoms with Crippen molar-refractivity contribution in [2.45, 2.75) is 37.1 Å². The lowest BCUT2D eigenvalue weighted by molar-refractivity contribution is 0.189. The molecule has 1 aromatic rings. The number of fused-ring (bicyclic) bond motifs is 1. The first-order valence-electron chi connectivity index (χ1n) is 6.31. The smallest absolute Gasteiger partial charge is 0.263 e. The second kappa shape index (κ2) is 4.94. The molecule has 0 fully saturated rings. The topological polar surface area (TPSA) is 78.8 Å². The van der Waals surface area contributed by atoms with Crippen LogP contribution < -0.4 is 4.72 Å². The number of aliphatic hydroxyl groups excluding tert-OH is 1. The Labute approximate surface area is 113 Å². The Morgan fingerprint density at radius 3 is 2.47 bits per heavy atom. The van der Waals surface area contributed by atoms with Gasteiger partial charge in [-0.15, -0.1) is 0 Å². The molecule has 0 saturated carbocycles. The minimum Gasteiger partial charge on any atom is -0.394 e. The number of nitrogens with one attached hydrogen (secondary N) is 1. The fraction of sp³-hybridized carbons (Fsp3) is 0.462. The summed E-state index contributed by atoms with van der Waals surface area (Å²) in [5.41, 5.74) is -0.0582. The van der Waals surface area contributed by atoms with E-state index in [-0.39, 0.29) is 11.5 Å². The lowest BCUT2D eigenvalue weighted by Gasteiger charge is -2.25. The molecule has 19 heavy (non-hydrogen) atoms. The maximum Gasteiger partial charge on any atom is 0.263 e. The van der Waals surface area contributed by atoms with E-state index in [1.54, 1.807) is 24.3 Å². The van der Waals surface area contributed by atoms with Crippen LogP contribution in [0.15, 0.2) is 34.2 Å². The van der Waals surface area contributed by atoms with Crippen LogP contribution in [0.1, 0.15) is 32.3 Å². The van der Waals surface area contributed by atoms with Crippen LogP contribution in [0.3, 0.4) is 0 Å². The standard InChI is InChI=1S/C13H18N2O3S/c1-3-13(4-2,9-16)14-12-10-7-5-6-8-11(10)19(17,18)15-12/h5-8,16H,3-4,9H2,1-2H3,(H,14,15). The molecule has 5 nitrogen and oxygen atoms in total. The summed E-state index contributed by atoms with van der Waals surface area (Å²) in [6, 6.07) is 6.73. The number of sulfonamides is 1. The van der Waals surface area contributed by atoms with Crippen LogP contribution in [0, 0.1) is 0 Å². The first kappa shape index (κ1) is 14.0. The minimum absolute atomic E-state index is 0.104. The fourth-order valence-electron chi connectivity index (χ4n) is 2.12. The average Bonchev–Trinajstić information content (AvgIpc) is 2.68. The van der Waals surface area contributed by atoms with Gasteiger partial charge in [0.1, 0.15) is 5.84 Å². The Balaban J connectivity index is 2.55. The minimum atomic E-state index is -3.51. The van der Waals surface area contributed by atoms with Gasteiger partial charge in [0.15, 0.2) is 0 Å². The Morgan fingerprint density at radius 2 is 1.89 bits per heavy atom. The van der Waals surface area contributed by atoms with Gasteiger partial charge in [-0.05, 0) is 25.0 Å². The molecule has 1 aromatic carbocycles. The van der Waals surface area contributed by atoms with Gasteiger partial charge in [0.25, 0.3) is 10.0 Å². The van der Waals surface area contributed by atoms with Crippen LogP contribution in [0.2, 0.25) is 0 Å². The lowest BCUT2D eigenvalue weighted by Crippen LogP contribution is -2.34. The molecule has 1 aliphatic heterocycles. The summed E-state index contributed by atoms with van der Waals surface area (Å²) in [5, 5.41) is 9.53. The van der Waals surface area contributed by atoms with Gasteiger partial charge in [0, 0.05) is 5.56 Å². The molecule has 0 bridgehead atoms. The number of nitrogens with zero attached hydrogens (tertiary/aromatic N) is 1. The average molecular weight is 282 g/mol. The number of aliphatic hydroxyl groups is 1. The molecule has 0 spiro atoms. The van der Waals surface area contributed by atoms with Crippen molar-refractivity contribution in [3.63, 3.8) is 0 Å². The van der Waals surface area contributed by atoms with E-state index in [0.717, 1.165) is 0 Å². The van der Waals surface area contributed by atoms with E-state index < -0.39 is 15.6 Å². The first-order valence-corrected chi connectivity index (χ1v) is 7.79. The van der Waals surface area contributed by atoms with Gasteiger partial charge in [-0.3, -0.25) is 9.71 Å². The van der Waals surface area contributed by atoms with Gasteiger partial charge in [0.2, 0.25) is 0 Å². The second-order valence-corrected chi connectivity index (χ2v) is 6.30. The number of aliphatic imine (C=N–C) groups is 1. The third-order valence-corrected chi connectivity index (χ3v) is 5.02. The highest BCUT2D eigenvalue weighted by Gasteiger charge is 2.33. The van der Waals surface area contributed by atoms with Crippen molar-refractivity contribution < 1.29 is 13.5 Å². The number of amidine groups is 1. The normalized spacial score (nSPS) is 19.2. The van der Waals surface area contributed by atoms with E-state index in [9.17, 15) is 13.5 Å². The molecular weight excluding hydrogens is 264 g/mol. The number of hydrogen-bond donors (Lipinski definition) is 2. The summed E-state index contributed by atoms with van der Waals surface area (Å²) >= 11 is 0. The highest BCUT2D eigenvalue weighted by molar-refractivity contribution is 7.90. The molecule has 0 amide bonds. The molecule has 1 heterocycles. The van der Waals surface area contributed by atoms with Crippen molar-refractivity contribution in [3.8, 4) is 0 Å². The van der Waals surface area contributed by atoms with Crippen molar-refractivity contribution >= 4 is 15.9 Å². The van der Waals surface area contributed by atoms with Crippen LogP contribution in [0.25, 0.3) is 0 Å². The van der Waals surface area contributed by atoms with E-state index in [2.05, 4.69) is 9.71 Å². The molecule has 0 aliphatic carbocycles. The Hall–Kier alpha value is -1.40. The summed E-state index contributed by atoms with van der Waals surface area (Å²) in [6.07, 6.45) is 1.29. The molecule has 0 unspecified atom stereocenters. The van der Waals surface area contributed by atoms with Crippen molar-refractivity contribution in [2.75, 3.05) is 6.61 Å². The summed E-state index contributed by atoms with van der Waals surface area (Å²) in [6.45, 7) is 3.76. The summed E-state index contributed by atoms with van der Waals surface area (Å²) in [4.78, 5) is 4.72. The molecule has 0 saturated heterocycles. The number of benzene rings is 1. The monoisotopic (exact) mass is 282 g/mol. The highest BCUT2D eigenvalue weighted by Crippen LogP contribution is 2.26. The highest BCUT2D eigenvalue weighted by atomic mass is 32.2. The molecular formula is C13H18N2O3S. The Kier molecular flexibility index (Phi) is 3.64. The van der Waals surface area contributed by atoms with Gasteiger partial charge in [-0.2, -0.15) is 0 Å². The summed E-state index contributed by atoms with van der Waals surface area (Å²) < 4.78 is 26.4.